The van der Waals surface area contributed by atoms with Gasteiger partial charge in [0.2, 0.25) is 0 Å². The molecule has 0 N–H and O–H groups in total. The summed E-state index contributed by atoms with van der Waals surface area (Å²) in [4.78, 5) is 12.0. The molecule has 0 bridgehead atoms. The summed E-state index contributed by atoms with van der Waals surface area (Å²) in [6.45, 7) is 1.09. The number of ether oxygens (including phenoxy) is 2. The van der Waals surface area contributed by atoms with Crippen molar-refractivity contribution in [2.24, 2.45) is 5.41 Å². The molecule has 4 heteroatoms. The Balaban J connectivity index is 1.97. The summed E-state index contributed by atoms with van der Waals surface area (Å²) in [6, 6.07) is 11.5. The first kappa shape index (κ1) is 12.6. The Labute approximate surface area is 106 Å². The molecule has 0 amide bonds. The van der Waals surface area contributed by atoms with Gasteiger partial charge in [0.05, 0.1) is 6.07 Å². The summed E-state index contributed by atoms with van der Waals surface area (Å²) < 4.78 is 10.4. The van der Waals surface area contributed by atoms with E-state index in [9.17, 15) is 10.1 Å². The SMILES string of the molecule is N#CC1(C(=O)OCc2ccccc2)CCOCC1. The van der Waals surface area contributed by atoms with Crippen LogP contribution in [-0.4, -0.2) is 19.2 Å². The number of nitriles is 1. The minimum Gasteiger partial charge on any atom is -0.460 e. The van der Waals surface area contributed by atoms with Crippen molar-refractivity contribution in [1.82, 2.24) is 0 Å². The van der Waals surface area contributed by atoms with Crippen LogP contribution in [0.4, 0.5) is 0 Å². The van der Waals surface area contributed by atoms with Gasteiger partial charge in [-0.3, -0.25) is 4.79 Å². The number of carbonyl (C=O) groups is 1. The molecule has 1 aromatic carbocycles. The minimum atomic E-state index is -1.02. The molecule has 1 aromatic rings. The van der Waals surface area contributed by atoms with Gasteiger partial charge < -0.3 is 9.47 Å². The van der Waals surface area contributed by atoms with Crippen molar-refractivity contribution < 1.29 is 14.3 Å². The van der Waals surface area contributed by atoms with E-state index in [1.165, 1.54) is 0 Å². The number of carbonyl (C=O) groups excluding carboxylic acids is 1. The Hall–Kier alpha value is -1.86. The average molecular weight is 245 g/mol. The van der Waals surface area contributed by atoms with Crippen LogP contribution in [0.5, 0.6) is 0 Å². The van der Waals surface area contributed by atoms with E-state index in [0.29, 0.717) is 26.1 Å². The minimum absolute atomic E-state index is 0.212. The van der Waals surface area contributed by atoms with E-state index in [1.807, 2.05) is 30.3 Å². The van der Waals surface area contributed by atoms with Crippen LogP contribution in [0, 0.1) is 16.7 Å². The van der Waals surface area contributed by atoms with Gasteiger partial charge in [0.1, 0.15) is 6.61 Å². The Morgan fingerprint density at radius 3 is 2.61 bits per heavy atom. The first-order valence-corrected chi connectivity index (χ1v) is 5.97. The van der Waals surface area contributed by atoms with Gasteiger partial charge in [0.15, 0.2) is 5.41 Å². The van der Waals surface area contributed by atoms with Gasteiger partial charge >= 0.3 is 5.97 Å². The molecule has 2 rings (SSSR count). The van der Waals surface area contributed by atoms with E-state index in [0.717, 1.165) is 5.56 Å². The maximum Gasteiger partial charge on any atom is 0.327 e. The van der Waals surface area contributed by atoms with Crippen molar-refractivity contribution >= 4 is 5.97 Å². The third-order valence-corrected chi connectivity index (χ3v) is 3.16. The Kier molecular flexibility index (Phi) is 3.96. The molecule has 1 aliphatic rings. The molecule has 0 aliphatic carbocycles. The highest BCUT2D eigenvalue weighted by Crippen LogP contribution is 2.31. The fraction of sp³-hybridized carbons (Fsp3) is 0.429. The quantitative estimate of drug-likeness (QED) is 0.765. The lowest BCUT2D eigenvalue weighted by molar-refractivity contribution is -0.158. The zero-order chi connectivity index (χ0) is 12.8. The monoisotopic (exact) mass is 245 g/mol. The van der Waals surface area contributed by atoms with Crippen LogP contribution in [0.3, 0.4) is 0 Å². The molecular formula is C14H15NO3. The largest absolute Gasteiger partial charge is 0.460 e. The highest BCUT2D eigenvalue weighted by atomic mass is 16.5. The normalized spacial score (nSPS) is 17.7. The maximum absolute atomic E-state index is 12.0. The van der Waals surface area contributed by atoms with E-state index in [4.69, 9.17) is 9.47 Å². The van der Waals surface area contributed by atoms with Gasteiger partial charge in [-0.05, 0) is 5.56 Å². The molecule has 94 valence electrons. The summed E-state index contributed by atoms with van der Waals surface area (Å²) >= 11 is 0. The molecule has 0 radical (unpaired) electrons. The van der Waals surface area contributed by atoms with Crippen LogP contribution in [-0.2, 0) is 20.9 Å². The highest BCUT2D eigenvalue weighted by Gasteiger charge is 2.42. The molecule has 1 fully saturated rings. The second kappa shape index (κ2) is 5.65. The fourth-order valence-electron chi connectivity index (χ4n) is 1.94. The van der Waals surface area contributed by atoms with E-state index in [-0.39, 0.29) is 6.61 Å². The van der Waals surface area contributed by atoms with Crippen molar-refractivity contribution in [3.63, 3.8) is 0 Å². The average Bonchev–Trinajstić information content (AvgIpc) is 2.46. The number of hydrogen-bond acceptors (Lipinski definition) is 4. The summed E-state index contributed by atoms with van der Waals surface area (Å²) in [5, 5.41) is 9.20. The van der Waals surface area contributed by atoms with Gasteiger partial charge in [-0.25, -0.2) is 0 Å². The van der Waals surface area contributed by atoms with Crippen LogP contribution in [0.25, 0.3) is 0 Å². The van der Waals surface area contributed by atoms with Crippen molar-refractivity contribution in [3.05, 3.63) is 35.9 Å². The lowest BCUT2D eigenvalue weighted by Gasteiger charge is -2.28. The van der Waals surface area contributed by atoms with Crippen molar-refractivity contribution in [2.75, 3.05) is 13.2 Å². The fourth-order valence-corrected chi connectivity index (χ4v) is 1.94. The topological polar surface area (TPSA) is 59.3 Å². The molecule has 18 heavy (non-hydrogen) atoms. The number of rotatable bonds is 3. The number of benzene rings is 1. The Bertz CT molecular complexity index is 444. The lowest BCUT2D eigenvalue weighted by atomic mass is 9.82. The van der Waals surface area contributed by atoms with E-state index in [2.05, 4.69) is 6.07 Å². The summed E-state index contributed by atoms with van der Waals surface area (Å²) in [6.07, 6.45) is 0.828. The van der Waals surface area contributed by atoms with E-state index < -0.39 is 11.4 Å². The van der Waals surface area contributed by atoms with Crippen LogP contribution in [0.2, 0.25) is 0 Å². The molecule has 1 heterocycles. The van der Waals surface area contributed by atoms with Crippen LogP contribution >= 0.6 is 0 Å². The number of esters is 1. The first-order chi connectivity index (χ1) is 8.77. The maximum atomic E-state index is 12.0. The standard InChI is InChI=1S/C14H15NO3/c15-11-14(6-8-17-9-7-14)13(16)18-10-12-4-2-1-3-5-12/h1-5H,6-10H2. The van der Waals surface area contributed by atoms with E-state index >= 15 is 0 Å². The second-order valence-electron chi connectivity index (χ2n) is 4.37. The van der Waals surface area contributed by atoms with Crippen LogP contribution in [0.15, 0.2) is 30.3 Å². The Morgan fingerprint density at radius 2 is 2.00 bits per heavy atom. The molecule has 0 aromatic heterocycles. The van der Waals surface area contributed by atoms with Crippen molar-refractivity contribution in [3.8, 4) is 6.07 Å². The molecule has 0 atom stereocenters. The number of nitrogens with zero attached hydrogens (tertiary/aromatic N) is 1. The van der Waals surface area contributed by atoms with Crippen LogP contribution < -0.4 is 0 Å². The predicted molar refractivity (Wildman–Crippen MR) is 64.3 cm³/mol. The lowest BCUT2D eigenvalue weighted by Crippen LogP contribution is -2.37. The predicted octanol–water partition coefficient (Wildman–Crippen LogP) is 2.05. The smallest absolute Gasteiger partial charge is 0.327 e. The first-order valence-electron chi connectivity index (χ1n) is 5.97. The van der Waals surface area contributed by atoms with Crippen molar-refractivity contribution in [1.29, 1.82) is 5.26 Å². The zero-order valence-corrected chi connectivity index (χ0v) is 10.1. The van der Waals surface area contributed by atoms with Crippen molar-refractivity contribution in [2.45, 2.75) is 19.4 Å². The Morgan fingerprint density at radius 1 is 1.33 bits per heavy atom. The van der Waals surface area contributed by atoms with Gasteiger partial charge in [-0.15, -0.1) is 0 Å². The molecule has 1 aliphatic heterocycles. The molecule has 4 nitrogen and oxygen atoms in total. The zero-order valence-electron chi connectivity index (χ0n) is 10.1. The van der Waals surface area contributed by atoms with Gasteiger partial charge in [0.25, 0.3) is 0 Å². The summed E-state index contributed by atoms with van der Waals surface area (Å²) in [7, 11) is 0. The van der Waals surface area contributed by atoms with Gasteiger partial charge in [-0.2, -0.15) is 5.26 Å². The second-order valence-corrected chi connectivity index (χ2v) is 4.37. The highest BCUT2D eigenvalue weighted by molar-refractivity contribution is 5.80. The molecule has 1 saturated heterocycles. The number of hydrogen-bond donors (Lipinski definition) is 0. The van der Waals surface area contributed by atoms with E-state index in [1.54, 1.807) is 0 Å². The molecule has 0 spiro atoms. The third-order valence-electron chi connectivity index (χ3n) is 3.16. The van der Waals surface area contributed by atoms with Crippen LogP contribution in [0.1, 0.15) is 18.4 Å². The van der Waals surface area contributed by atoms with Gasteiger partial charge in [-0.1, -0.05) is 30.3 Å². The molecule has 0 unspecified atom stereocenters. The third kappa shape index (κ3) is 2.69. The van der Waals surface area contributed by atoms with Gasteiger partial charge in [0, 0.05) is 26.1 Å². The molecular weight excluding hydrogens is 230 g/mol. The molecule has 0 saturated carbocycles. The summed E-state index contributed by atoms with van der Waals surface area (Å²) in [5.41, 5.74) is -0.0986. The summed E-state index contributed by atoms with van der Waals surface area (Å²) in [5.74, 6) is -0.433.